The van der Waals surface area contributed by atoms with E-state index in [0.29, 0.717) is 11.8 Å². The minimum absolute atomic E-state index is 0.626. The summed E-state index contributed by atoms with van der Waals surface area (Å²) in [6.07, 6.45) is 0. The van der Waals surface area contributed by atoms with Crippen LogP contribution in [0.25, 0.3) is 101 Å². The summed E-state index contributed by atoms with van der Waals surface area (Å²) in [5, 5.41) is 0. The summed E-state index contributed by atoms with van der Waals surface area (Å²) >= 11 is 0. The fourth-order valence-electron chi connectivity index (χ4n) is 7.07. The maximum absolute atomic E-state index is 6.10. The first-order chi connectivity index (χ1) is 26.5. The van der Waals surface area contributed by atoms with E-state index in [9.17, 15) is 0 Å². The van der Waals surface area contributed by atoms with E-state index < -0.39 is 0 Å². The van der Waals surface area contributed by atoms with Crippen LogP contribution in [0.15, 0.2) is 167 Å². The third kappa shape index (κ3) is 5.61. The van der Waals surface area contributed by atoms with Gasteiger partial charge in [0, 0.05) is 22.3 Å². The van der Waals surface area contributed by atoms with Gasteiger partial charge in [0.05, 0.1) is 22.4 Å². The zero-order valence-corrected chi connectivity index (χ0v) is 29.6. The molecule has 10 rings (SSSR count). The highest BCUT2D eigenvalue weighted by atomic mass is 16.4. The Kier molecular flexibility index (Phi) is 7.47. The van der Waals surface area contributed by atoms with Crippen LogP contribution in [0.2, 0.25) is 0 Å². The molecule has 0 radical (unpaired) electrons. The molecule has 7 aromatic carbocycles. The standard InChI is InChI=1S/C48H32N4O2/c1-29-7-5-11-41-45(29)53-47(51-41)37-25-17-33(18-26-37)31-13-21-35(22-14-31)43-44(50-40-10-4-3-9-39(40)49-43)36-23-15-32(16-24-36)34-19-27-38(28-20-34)48-52-42-12-6-8-30(2)46(42)54-48/h3-28H,1-2H3. The van der Waals surface area contributed by atoms with E-state index in [2.05, 4.69) is 97.1 Å². The second-order valence-corrected chi connectivity index (χ2v) is 13.6. The third-order valence-electron chi connectivity index (χ3n) is 10.0. The van der Waals surface area contributed by atoms with Crippen molar-refractivity contribution in [2.45, 2.75) is 13.8 Å². The van der Waals surface area contributed by atoms with E-state index >= 15 is 0 Å². The molecule has 256 valence electrons. The normalized spacial score (nSPS) is 11.5. The molecule has 3 heterocycles. The largest absolute Gasteiger partial charge is 0.436 e. The number of aromatic nitrogens is 4. The van der Waals surface area contributed by atoms with Gasteiger partial charge in [-0.15, -0.1) is 0 Å². The SMILES string of the molecule is Cc1cccc2nc(-c3ccc(-c4ccc(-c5nc6ccccc6nc5-c5ccc(-c6ccc(-c7nc8cccc(C)c8o7)cc6)cc5)cc4)cc3)oc12. The van der Waals surface area contributed by atoms with Crippen LogP contribution in [0.3, 0.4) is 0 Å². The number of hydrogen-bond acceptors (Lipinski definition) is 6. The number of para-hydroxylation sites is 4. The van der Waals surface area contributed by atoms with Gasteiger partial charge < -0.3 is 8.83 Å². The molecule has 0 N–H and O–H groups in total. The third-order valence-corrected chi connectivity index (χ3v) is 10.0. The summed E-state index contributed by atoms with van der Waals surface area (Å²) in [5.74, 6) is 1.25. The van der Waals surface area contributed by atoms with Crippen LogP contribution in [0, 0.1) is 13.8 Å². The molecule has 0 aliphatic rings. The lowest BCUT2D eigenvalue weighted by molar-refractivity contribution is 0.617. The van der Waals surface area contributed by atoms with Crippen molar-refractivity contribution in [1.82, 2.24) is 19.9 Å². The molecule has 0 atom stereocenters. The second kappa shape index (κ2) is 12.8. The first kappa shape index (κ1) is 31.5. The van der Waals surface area contributed by atoms with E-state index in [1.165, 1.54) is 0 Å². The zero-order chi connectivity index (χ0) is 36.2. The monoisotopic (exact) mass is 696 g/mol. The summed E-state index contributed by atoms with van der Waals surface area (Å²) < 4.78 is 12.2. The maximum Gasteiger partial charge on any atom is 0.227 e. The molecular weight excluding hydrogens is 665 g/mol. The summed E-state index contributed by atoms with van der Waals surface area (Å²) in [6.45, 7) is 4.08. The zero-order valence-electron chi connectivity index (χ0n) is 29.6. The Hall–Kier alpha value is -7.18. The van der Waals surface area contributed by atoms with E-state index in [1.807, 2.05) is 74.5 Å². The molecule has 0 unspecified atom stereocenters. The first-order valence-corrected chi connectivity index (χ1v) is 18.0. The van der Waals surface area contributed by atoms with Gasteiger partial charge in [0.1, 0.15) is 11.0 Å². The molecule has 54 heavy (non-hydrogen) atoms. The molecule has 0 spiro atoms. The topological polar surface area (TPSA) is 77.8 Å². The summed E-state index contributed by atoms with van der Waals surface area (Å²) in [6, 6.07) is 53.8. The van der Waals surface area contributed by atoms with Gasteiger partial charge in [-0.3, -0.25) is 0 Å². The van der Waals surface area contributed by atoms with Gasteiger partial charge in [-0.05, 0) is 95.8 Å². The van der Waals surface area contributed by atoms with Crippen molar-refractivity contribution < 1.29 is 8.83 Å². The lowest BCUT2D eigenvalue weighted by Crippen LogP contribution is -1.95. The molecule has 0 saturated heterocycles. The van der Waals surface area contributed by atoms with Crippen molar-refractivity contribution in [3.8, 4) is 67.7 Å². The van der Waals surface area contributed by atoms with Crippen LogP contribution in [-0.2, 0) is 0 Å². The van der Waals surface area contributed by atoms with Crippen molar-refractivity contribution in [1.29, 1.82) is 0 Å². The number of aryl methyl sites for hydroxylation is 2. The number of fused-ring (bicyclic) bond motifs is 3. The highest BCUT2D eigenvalue weighted by Crippen LogP contribution is 2.35. The molecule has 6 heteroatoms. The van der Waals surface area contributed by atoms with Gasteiger partial charge in [0.15, 0.2) is 11.2 Å². The van der Waals surface area contributed by atoms with Crippen LogP contribution in [0.1, 0.15) is 11.1 Å². The lowest BCUT2D eigenvalue weighted by atomic mass is 9.97. The molecule has 10 aromatic rings. The molecule has 0 fully saturated rings. The van der Waals surface area contributed by atoms with Crippen molar-refractivity contribution >= 4 is 33.2 Å². The minimum Gasteiger partial charge on any atom is -0.436 e. The van der Waals surface area contributed by atoms with E-state index in [-0.39, 0.29) is 0 Å². The number of nitrogens with zero attached hydrogens (tertiary/aromatic N) is 4. The number of oxazole rings is 2. The fraction of sp³-hybridized carbons (Fsp3) is 0.0417. The van der Waals surface area contributed by atoms with Gasteiger partial charge in [0.25, 0.3) is 0 Å². The van der Waals surface area contributed by atoms with Gasteiger partial charge in [-0.2, -0.15) is 0 Å². The molecule has 6 nitrogen and oxygen atoms in total. The average Bonchev–Trinajstić information content (AvgIpc) is 3.88. The molecule has 3 aromatic heterocycles. The molecule has 0 bridgehead atoms. The first-order valence-electron chi connectivity index (χ1n) is 18.0. The minimum atomic E-state index is 0.626. The smallest absolute Gasteiger partial charge is 0.227 e. The Bertz CT molecular complexity index is 2770. The molecule has 0 amide bonds. The molecule has 0 saturated carbocycles. The van der Waals surface area contributed by atoms with Crippen LogP contribution in [0.4, 0.5) is 0 Å². The lowest BCUT2D eigenvalue weighted by Gasteiger charge is -2.12. The fourth-order valence-corrected chi connectivity index (χ4v) is 7.07. The summed E-state index contributed by atoms with van der Waals surface area (Å²) in [7, 11) is 0. The molecule has 0 aliphatic heterocycles. The van der Waals surface area contributed by atoms with Crippen molar-refractivity contribution in [3.05, 3.63) is 169 Å². The summed E-state index contributed by atoms with van der Waals surface area (Å²) in [5.41, 5.74) is 17.3. The van der Waals surface area contributed by atoms with Crippen LogP contribution in [-0.4, -0.2) is 19.9 Å². The predicted molar refractivity (Wildman–Crippen MR) is 217 cm³/mol. The van der Waals surface area contributed by atoms with E-state index in [4.69, 9.17) is 28.8 Å². The maximum atomic E-state index is 6.10. The Labute approximate surface area is 311 Å². The number of benzene rings is 7. The second-order valence-electron chi connectivity index (χ2n) is 13.6. The number of rotatable bonds is 6. The van der Waals surface area contributed by atoms with Gasteiger partial charge in [-0.1, -0.05) is 109 Å². The summed E-state index contributed by atoms with van der Waals surface area (Å²) in [4.78, 5) is 19.7. The molecular formula is C48H32N4O2. The quantitative estimate of drug-likeness (QED) is 0.172. The Morgan fingerprint density at radius 2 is 0.611 bits per heavy atom. The van der Waals surface area contributed by atoms with Crippen LogP contribution < -0.4 is 0 Å². The van der Waals surface area contributed by atoms with E-state index in [1.54, 1.807) is 0 Å². The van der Waals surface area contributed by atoms with Crippen molar-refractivity contribution in [2.24, 2.45) is 0 Å². The molecule has 0 aliphatic carbocycles. The van der Waals surface area contributed by atoms with E-state index in [0.717, 1.165) is 100 Å². The highest BCUT2D eigenvalue weighted by molar-refractivity contribution is 5.88. The average molecular weight is 697 g/mol. The Morgan fingerprint density at radius 1 is 0.296 bits per heavy atom. The Morgan fingerprint density at radius 3 is 0.963 bits per heavy atom. The number of hydrogen-bond donors (Lipinski definition) is 0. The predicted octanol–water partition coefficient (Wildman–Crippen LogP) is 12.5. The van der Waals surface area contributed by atoms with Gasteiger partial charge in [0.2, 0.25) is 11.8 Å². The van der Waals surface area contributed by atoms with Gasteiger partial charge >= 0.3 is 0 Å². The highest BCUT2D eigenvalue weighted by Gasteiger charge is 2.16. The Balaban J connectivity index is 0.935. The van der Waals surface area contributed by atoms with Crippen LogP contribution >= 0.6 is 0 Å². The van der Waals surface area contributed by atoms with Crippen LogP contribution in [0.5, 0.6) is 0 Å². The van der Waals surface area contributed by atoms with Gasteiger partial charge in [-0.25, -0.2) is 19.9 Å². The van der Waals surface area contributed by atoms with Crippen molar-refractivity contribution in [2.75, 3.05) is 0 Å². The van der Waals surface area contributed by atoms with Crippen molar-refractivity contribution in [3.63, 3.8) is 0 Å².